The fourth-order valence-electron chi connectivity index (χ4n) is 5.01. The number of nitrogens with one attached hydrogen (secondary N) is 3. The number of fused-ring (bicyclic) bond motifs is 1. The molecule has 40 heavy (non-hydrogen) atoms. The van der Waals surface area contributed by atoms with Crippen LogP contribution in [-0.2, 0) is 4.74 Å². The van der Waals surface area contributed by atoms with Crippen LogP contribution in [0, 0.1) is 23.2 Å². The molecule has 1 aromatic carbocycles. The van der Waals surface area contributed by atoms with Gasteiger partial charge < -0.3 is 19.8 Å². The number of oxazole rings is 1. The Bertz CT molecular complexity index is 1210. The summed E-state index contributed by atoms with van der Waals surface area (Å²) < 4.78 is 93.9. The van der Waals surface area contributed by atoms with E-state index in [1.54, 1.807) is 20.8 Å². The van der Waals surface area contributed by atoms with Gasteiger partial charge in [-0.1, -0.05) is 6.07 Å². The number of hydrogen-bond acceptors (Lipinski definition) is 7. The van der Waals surface area contributed by atoms with Crippen molar-refractivity contribution in [3.63, 3.8) is 0 Å². The molecule has 0 bridgehead atoms. The Labute approximate surface area is 227 Å². The second kappa shape index (κ2) is 11.2. The molecule has 2 aliphatic rings. The number of nitrogens with zero attached hydrogens (tertiary/aromatic N) is 2. The molecule has 0 saturated heterocycles. The number of amides is 1. The van der Waals surface area contributed by atoms with E-state index in [4.69, 9.17) is 14.7 Å². The quantitative estimate of drug-likeness (QED) is 0.213. The Morgan fingerprint density at radius 2 is 1.77 bits per heavy atom. The highest BCUT2D eigenvalue weighted by Gasteiger charge is 2.43. The number of carbonyl (C=O) groups is 1. The van der Waals surface area contributed by atoms with Crippen molar-refractivity contribution in [3.05, 3.63) is 29.4 Å². The average Bonchev–Trinajstić information content (AvgIpc) is 3.57. The Morgan fingerprint density at radius 1 is 1.15 bits per heavy atom. The van der Waals surface area contributed by atoms with E-state index in [-0.39, 0.29) is 54.2 Å². The predicted molar refractivity (Wildman–Crippen MR) is 131 cm³/mol. The van der Waals surface area contributed by atoms with Gasteiger partial charge in [-0.25, -0.2) is 28.5 Å². The van der Waals surface area contributed by atoms with E-state index >= 15 is 4.39 Å². The molecule has 2 saturated carbocycles. The molecule has 8 nitrogen and oxygen atoms in total. The van der Waals surface area contributed by atoms with Crippen LogP contribution in [0.1, 0.15) is 82.8 Å². The van der Waals surface area contributed by atoms with Gasteiger partial charge >= 0.3 is 12.3 Å². The molecule has 2 fully saturated rings. The summed E-state index contributed by atoms with van der Waals surface area (Å²) in [5.41, 5.74) is 5.98. The second-order valence-electron chi connectivity index (χ2n) is 11.6. The number of carbonyl (C=O) groups excluding carboxylic acids is 1. The van der Waals surface area contributed by atoms with Crippen molar-refractivity contribution >= 4 is 17.2 Å². The zero-order chi connectivity index (χ0) is 29.5. The molecule has 0 aliphatic heterocycles. The molecule has 1 heterocycles. The fraction of sp³-hybridized carbons (Fsp3) is 0.692. The van der Waals surface area contributed by atoms with E-state index in [1.165, 1.54) is 12.1 Å². The van der Waals surface area contributed by atoms with Crippen molar-refractivity contribution in [1.29, 1.82) is 5.53 Å². The highest BCUT2D eigenvalue weighted by molar-refractivity contribution is 5.75. The van der Waals surface area contributed by atoms with Gasteiger partial charge in [0, 0.05) is 31.0 Å². The number of rotatable bonds is 9. The van der Waals surface area contributed by atoms with Crippen molar-refractivity contribution in [3.8, 4) is 0 Å². The summed E-state index contributed by atoms with van der Waals surface area (Å²) in [5.74, 6) is -4.28. The Kier molecular flexibility index (Phi) is 8.40. The minimum absolute atomic E-state index is 0.0391. The van der Waals surface area contributed by atoms with Crippen LogP contribution in [0.25, 0.3) is 11.1 Å². The second-order valence-corrected chi connectivity index (χ2v) is 11.6. The molecular weight excluding hydrogens is 544 g/mol. The molecule has 0 radical (unpaired) electrons. The van der Waals surface area contributed by atoms with E-state index in [0.717, 1.165) is 0 Å². The van der Waals surface area contributed by atoms with E-state index in [2.05, 4.69) is 20.7 Å². The highest BCUT2D eigenvalue weighted by atomic mass is 19.4. The van der Waals surface area contributed by atoms with Gasteiger partial charge in [0.2, 0.25) is 11.8 Å². The van der Waals surface area contributed by atoms with Crippen LogP contribution in [0.5, 0.6) is 0 Å². The molecule has 1 aromatic heterocycles. The first kappa shape index (κ1) is 30.1. The largest absolute Gasteiger partial charge is 0.444 e. The summed E-state index contributed by atoms with van der Waals surface area (Å²) in [6.07, 6.45) is -4.81. The normalized spacial score (nSPS) is 20.6. The van der Waals surface area contributed by atoms with Crippen LogP contribution in [0.2, 0.25) is 0 Å². The first-order valence-electron chi connectivity index (χ1n) is 13.2. The van der Waals surface area contributed by atoms with E-state index in [9.17, 15) is 26.7 Å². The number of alkyl carbamates (subject to hydrolysis) is 1. The standard InChI is InChI=1S/C26H33F6N5O3/c1-24(2,3)40-23(38)36-20(14-8-10-25(28,29)11-9-14)22-35-21-16(39-22)7-6-15(18(21)27)19(13-4-5-13)34-12-17(37-33)26(30,31)32/h6-7,13-14,17,19-20,33-34H,4-5,8-12H2,1-3H3,(H,36,38)/t17?,19?,20-/m0/s1. The number of halogens is 6. The van der Waals surface area contributed by atoms with E-state index in [1.807, 2.05) is 0 Å². The summed E-state index contributed by atoms with van der Waals surface area (Å²) in [6.45, 7) is 4.30. The number of aromatic nitrogens is 1. The third-order valence-electron chi connectivity index (χ3n) is 7.21. The van der Waals surface area contributed by atoms with E-state index in [0.29, 0.717) is 12.8 Å². The van der Waals surface area contributed by atoms with Gasteiger partial charge in [-0.05, 0) is 64.4 Å². The lowest BCUT2D eigenvalue weighted by molar-refractivity contribution is -0.148. The minimum atomic E-state index is -4.72. The first-order valence-corrected chi connectivity index (χ1v) is 13.2. The maximum absolute atomic E-state index is 15.8. The third-order valence-corrected chi connectivity index (χ3v) is 7.21. The van der Waals surface area contributed by atoms with Gasteiger partial charge in [0.1, 0.15) is 17.2 Å². The van der Waals surface area contributed by atoms with Crippen molar-refractivity contribution in [2.24, 2.45) is 17.0 Å². The SMILES string of the molecule is CC(C)(C)OC(=O)N[C@H](c1nc2c(F)c(C(NCC(N=N)C(F)(F)F)C3CC3)ccc2o1)C1CCC(F)(F)CC1. The molecule has 222 valence electrons. The Balaban J connectivity index is 1.63. The molecular formula is C26H33F6N5O3. The Morgan fingerprint density at radius 3 is 2.33 bits per heavy atom. The molecule has 1 amide bonds. The van der Waals surface area contributed by atoms with Crippen LogP contribution >= 0.6 is 0 Å². The van der Waals surface area contributed by atoms with Gasteiger partial charge in [0.15, 0.2) is 17.4 Å². The van der Waals surface area contributed by atoms with E-state index < -0.39 is 60.2 Å². The van der Waals surface area contributed by atoms with Gasteiger partial charge in [-0.15, -0.1) is 0 Å². The molecule has 0 spiro atoms. The number of ether oxygens (including phenoxy) is 1. The average molecular weight is 578 g/mol. The van der Waals surface area contributed by atoms with Crippen molar-refractivity contribution < 1.29 is 40.3 Å². The number of hydrogen-bond donors (Lipinski definition) is 3. The zero-order valence-electron chi connectivity index (χ0n) is 22.4. The number of alkyl halides is 5. The van der Waals surface area contributed by atoms with Gasteiger partial charge in [0.25, 0.3) is 0 Å². The first-order chi connectivity index (χ1) is 18.6. The molecule has 3 atom stereocenters. The molecule has 14 heteroatoms. The monoisotopic (exact) mass is 577 g/mol. The zero-order valence-corrected chi connectivity index (χ0v) is 22.4. The van der Waals surface area contributed by atoms with Crippen molar-refractivity contribution in [1.82, 2.24) is 15.6 Å². The van der Waals surface area contributed by atoms with Gasteiger partial charge in [0.05, 0.1) is 0 Å². The minimum Gasteiger partial charge on any atom is -0.444 e. The lowest BCUT2D eigenvalue weighted by Crippen LogP contribution is -2.40. The third kappa shape index (κ3) is 7.24. The molecule has 4 rings (SSSR count). The summed E-state index contributed by atoms with van der Waals surface area (Å²) in [7, 11) is 0. The van der Waals surface area contributed by atoms with Gasteiger partial charge in [-0.2, -0.15) is 18.3 Å². The van der Waals surface area contributed by atoms with Crippen LogP contribution in [0.3, 0.4) is 0 Å². The summed E-state index contributed by atoms with van der Waals surface area (Å²) in [5, 5.41) is 8.02. The molecule has 2 aromatic rings. The molecule has 2 aliphatic carbocycles. The molecule has 2 unspecified atom stereocenters. The summed E-state index contributed by atoms with van der Waals surface area (Å²) >= 11 is 0. The number of benzene rings is 1. The van der Waals surface area contributed by atoms with Crippen molar-refractivity contribution in [2.75, 3.05) is 6.54 Å². The fourth-order valence-corrected chi connectivity index (χ4v) is 5.01. The lowest BCUT2D eigenvalue weighted by atomic mass is 9.82. The van der Waals surface area contributed by atoms with Crippen molar-refractivity contribution in [2.45, 2.75) is 95.1 Å². The maximum Gasteiger partial charge on any atom is 0.413 e. The van der Waals surface area contributed by atoms with Crippen LogP contribution in [-0.4, -0.2) is 41.4 Å². The topological polar surface area (TPSA) is 113 Å². The maximum atomic E-state index is 15.8. The van der Waals surface area contributed by atoms with Gasteiger partial charge in [-0.3, -0.25) is 0 Å². The van der Waals surface area contributed by atoms with Crippen LogP contribution < -0.4 is 10.6 Å². The molecule has 3 N–H and O–H groups in total. The predicted octanol–water partition coefficient (Wildman–Crippen LogP) is 7.36. The smallest absolute Gasteiger partial charge is 0.413 e. The summed E-state index contributed by atoms with van der Waals surface area (Å²) in [4.78, 5) is 16.9. The van der Waals surface area contributed by atoms with Crippen LogP contribution in [0.15, 0.2) is 21.7 Å². The summed E-state index contributed by atoms with van der Waals surface area (Å²) in [6, 6.07) is -1.16. The Hall–Kier alpha value is -2.90. The van der Waals surface area contributed by atoms with Crippen LogP contribution in [0.4, 0.5) is 31.1 Å². The lowest BCUT2D eigenvalue weighted by Gasteiger charge is -2.33. The highest BCUT2D eigenvalue weighted by Crippen LogP contribution is 2.44.